The molecule has 2 aliphatic rings. The van der Waals surface area contributed by atoms with Crippen LogP contribution in [-0.4, -0.2) is 43.0 Å². The zero-order chi connectivity index (χ0) is 17.1. The summed E-state index contributed by atoms with van der Waals surface area (Å²) in [6.45, 7) is 4.84. The molecule has 134 valence electrons. The molecule has 1 amide bonds. The lowest BCUT2D eigenvalue weighted by Gasteiger charge is -2.32. The van der Waals surface area contributed by atoms with Gasteiger partial charge in [-0.1, -0.05) is 18.2 Å². The Kier molecular flexibility index (Phi) is 5.04. The fraction of sp³-hybridized carbons (Fsp3) is 0.550. The SMILES string of the molecule is O=C(NCC1CCCN(Cc2coc3ccccc23)C1)C1CCCN1. The molecule has 2 aliphatic heterocycles. The van der Waals surface area contributed by atoms with E-state index in [4.69, 9.17) is 4.42 Å². The lowest BCUT2D eigenvalue weighted by atomic mass is 9.97. The Bertz CT molecular complexity index is 721. The molecule has 0 bridgehead atoms. The number of carbonyl (C=O) groups is 1. The Morgan fingerprint density at radius 2 is 2.20 bits per heavy atom. The average molecular weight is 341 g/mol. The molecule has 2 unspecified atom stereocenters. The van der Waals surface area contributed by atoms with Crippen molar-refractivity contribution in [1.29, 1.82) is 0 Å². The highest BCUT2D eigenvalue weighted by Crippen LogP contribution is 2.24. The van der Waals surface area contributed by atoms with E-state index in [2.05, 4.69) is 27.7 Å². The number of furan rings is 1. The lowest BCUT2D eigenvalue weighted by Crippen LogP contribution is -2.45. The van der Waals surface area contributed by atoms with Crippen LogP contribution in [0.25, 0.3) is 11.0 Å². The Balaban J connectivity index is 1.31. The number of benzene rings is 1. The minimum Gasteiger partial charge on any atom is -0.464 e. The molecule has 5 nitrogen and oxygen atoms in total. The monoisotopic (exact) mass is 341 g/mol. The largest absolute Gasteiger partial charge is 0.464 e. The number of hydrogen-bond acceptors (Lipinski definition) is 4. The molecule has 2 N–H and O–H groups in total. The first-order valence-electron chi connectivity index (χ1n) is 9.48. The summed E-state index contributed by atoms with van der Waals surface area (Å²) in [6.07, 6.45) is 6.35. The van der Waals surface area contributed by atoms with Gasteiger partial charge >= 0.3 is 0 Å². The smallest absolute Gasteiger partial charge is 0.237 e. The van der Waals surface area contributed by atoms with E-state index in [0.717, 1.165) is 51.1 Å². The van der Waals surface area contributed by atoms with Crippen molar-refractivity contribution in [2.24, 2.45) is 5.92 Å². The number of amides is 1. The molecule has 4 rings (SSSR count). The summed E-state index contributed by atoms with van der Waals surface area (Å²) in [5, 5.41) is 7.64. The van der Waals surface area contributed by atoms with Gasteiger partial charge in [-0.3, -0.25) is 9.69 Å². The van der Waals surface area contributed by atoms with E-state index >= 15 is 0 Å². The number of fused-ring (bicyclic) bond motifs is 1. The van der Waals surface area contributed by atoms with E-state index in [1.165, 1.54) is 23.8 Å². The first kappa shape index (κ1) is 16.6. The standard InChI is InChI=1S/C20H27N3O2/c24-20(18-7-3-9-21-18)22-11-15-5-4-10-23(12-15)13-16-14-25-19-8-2-1-6-17(16)19/h1-2,6,8,14-15,18,21H,3-5,7,9-13H2,(H,22,24). The molecule has 1 aromatic carbocycles. The molecule has 2 aromatic rings. The summed E-state index contributed by atoms with van der Waals surface area (Å²) in [7, 11) is 0. The van der Waals surface area contributed by atoms with Crippen molar-refractivity contribution >= 4 is 16.9 Å². The van der Waals surface area contributed by atoms with Crippen LogP contribution in [0.5, 0.6) is 0 Å². The van der Waals surface area contributed by atoms with E-state index in [1.807, 2.05) is 18.4 Å². The van der Waals surface area contributed by atoms with Crippen LogP contribution in [0.4, 0.5) is 0 Å². The summed E-state index contributed by atoms with van der Waals surface area (Å²) < 4.78 is 5.66. The maximum absolute atomic E-state index is 12.2. The van der Waals surface area contributed by atoms with Gasteiger partial charge in [0.25, 0.3) is 0 Å². The Morgan fingerprint density at radius 3 is 3.08 bits per heavy atom. The molecule has 0 saturated carbocycles. The van der Waals surface area contributed by atoms with Crippen LogP contribution in [0.2, 0.25) is 0 Å². The van der Waals surface area contributed by atoms with Gasteiger partial charge in [0.15, 0.2) is 0 Å². The van der Waals surface area contributed by atoms with Gasteiger partial charge in [-0.25, -0.2) is 0 Å². The molecule has 1 aromatic heterocycles. The van der Waals surface area contributed by atoms with E-state index in [9.17, 15) is 4.79 Å². The van der Waals surface area contributed by atoms with Crippen LogP contribution >= 0.6 is 0 Å². The second-order valence-electron chi connectivity index (χ2n) is 7.39. The minimum atomic E-state index is 0.0250. The summed E-state index contributed by atoms with van der Waals surface area (Å²) in [6, 6.07) is 8.24. The Hall–Kier alpha value is -1.85. The van der Waals surface area contributed by atoms with Crippen LogP contribution in [0, 0.1) is 5.92 Å². The number of nitrogens with zero attached hydrogens (tertiary/aromatic N) is 1. The van der Waals surface area contributed by atoms with Crippen LogP contribution in [-0.2, 0) is 11.3 Å². The number of piperidine rings is 1. The highest BCUT2D eigenvalue weighted by Gasteiger charge is 2.25. The van der Waals surface area contributed by atoms with E-state index in [1.54, 1.807) is 0 Å². The normalized spacial score (nSPS) is 24.6. The molecule has 2 saturated heterocycles. The number of rotatable bonds is 5. The molecule has 2 atom stereocenters. The number of likely N-dealkylation sites (tertiary alicyclic amines) is 1. The topological polar surface area (TPSA) is 57.5 Å². The van der Waals surface area contributed by atoms with Gasteiger partial charge in [-0.15, -0.1) is 0 Å². The number of para-hydroxylation sites is 1. The summed E-state index contributed by atoms with van der Waals surface area (Å²) in [5.74, 6) is 0.715. The fourth-order valence-electron chi connectivity index (χ4n) is 4.13. The number of nitrogens with one attached hydrogen (secondary N) is 2. The zero-order valence-electron chi connectivity index (χ0n) is 14.7. The van der Waals surface area contributed by atoms with Crippen LogP contribution in [0.1, 0.15) is 31.2 Å². The van der Waals surface area contributed by atoms with Gasteiger partial charge in [0.05, 0.1) is 12.3 Å². The van der Waals surface area contributed by atoms with Crippen molar-refractivity contribution in [3.05, 3.63) is 36.1 Å². The Labute approximate surface area is 148 Å². The van der Waals surface area contributed by atoms with Crippen molar-refractivity contribution in [1.82, 2.24) is 15.5 Å². The van der Waals surface area contributed by atoms with Gasteiger partial charge in [0, 0.05) is 30.6 Å². The molecule has 0 radical (unpaired) electrons. The quantitative estimate of drug-likeness (QED) is 0.877. The predicted octanol–water partition coefficient (Wildman–Crippen LogP) is 2.51. The predicted molar refractivity (Wildman–Crippen MR) is 98.2 cm³/mol. The van der Waals surface area contributed by atoms with E-state index < -0.39 is 0 Å². The molecule has 3 heterocycles. The van der Waals surface area contributed by atoms with Crippen molar-refractivity contribution in [3.8, 4) is 0 Å². The number of carbonyl (C=O) groups excluding carboxylic acids is 1. The molecule has 5 heteroatoms. The first-order valence-corrected chi connectivity index (χ1v) is 9.48. The first-order chi connectivity index (χ1) is 12.3. The van der Waals surface area contributed by atoms with Gasteiger partial charge < -0.3 is 15.1 Å². The maximum atomic E-state index is 12.2. The Morgan fingerprint density at radius 1 is 1.28 bits per heavy atom. The zero-order valence-corrected chi connectivity index (χ0v) is 14.7. The third kappa shape index (κ3) is 3.88. The van der Waals surface area contributed by atoms with Gasteiger partial charge in [-0.05, 0) is 50.8 Å². The van der Waals surface area contributed by atoms with Gasteiger partial charge in [-0.2, -0.15) is 0 Å². The molecule has 25 heavy (non-hydrogen) atoms. The van der Waals surface area contributed by atoms with Gasteiger partial charge in [0.1, 0.15) is 5.58 Å². The van der Waals surface area contributed by atoms with Crippen molar-refractivity contribution in [2.45, 2.75) is 38.3 Å². The summed E-state index contributed by atoms with van der Waals surface area (Å²) in [5.41, 5.74) is 2.22. The molecule has 0 aliphatic carbocycles. The van der Waals surface area contributed by atoms with Gasteiger partial charge in [0.2, 0.25) is 5.91 Å². The fourth-order valence-corrected chi connectivity index (χ4v) is 4.13. The lowest BCUT2D eigenvalue weighted by molar-refractivity contribution is -0.123. The van der Waals surface area contributed by atoms with Crippen molar-refractivity contribution in [3.63, 3.8) is 0 Å². The average Bonchev–Trinajstić information content (AvgIpc) is 3.31. The van der Waals surface area contributed by atoms with Crippen LogP contribution < -0.4 is 10.6 Å². The summed E-state index contributed by atoms with van der Waals surface area (Å²) >= 11 is 0. The minimum absolute atomic E-state index is 0.0250. The third-order valence-corrected chi connectivity index (χ3v) is 5.50. The molecular weight excluding hydrogens is 314 g/mol. The van der Waals surface area contributed by atoms with Crippen LogP contribution in [0.3, 0.4) is 0 Å². The maximum Gasteiger partial charge on any atom is 0.237 e. The van der Waals surface area contributed by atoms with Crippen LogP contribution in [0.15, 0.2) is 34.9 Å². The second kappa shape index (κ2) is 7.58. The third-order valence-electron chi connectivity index (χ3n) is 5.50. The summed E-state index contributed by atoms with van der Waals surface area (Å²) in [4.78, 5) is 14.7. The van der Waals surface area contributed by atoms with Crippen molar-refractivity contribution < 1.29 is 9.21 Å². The van der Waals surface area contributed by atoms with E-state index in [-0.39, 0.29) is 11.9 Å². The highest BCUT2D eigenvalue weighted by atomic mass is 16.3. The molecule has 0 spiro atoms. The second-order valence-corrected chi connectivity index (χ2v) is 7.39. The molecular formula is C20H27N3O2. The number of hydrogen-bond donors (Lipinski definition) is 2. The highest BCUT2D eigenvalue weighted by molar-refractivity contribution is 5.82. The van der Waals surface area contributed by atoms with Crippen molar-refractivity contribution in [2.75, 3.05) is 26.2 Å². The molecule has 2 fully saturated rings. The van der Waals surface area contributed by atoms with E-state index in [0.29, 0.717) is 5.92 Å².